The van der Waals surface area contributed by atoms with E-state index in [1.165, 1.54) is 25.1 Å². The van der Waals surface area contributed by atoms with Gasteiger partial charge in [0.25, 0.3) is 0 Å². The highest BCUT2D eigenvalue weighted by Crippen LogP contribution is 2.34. The molecule has 0 unspecified atom stereocenters. The molecule has 0 heterocycles. The van der Waals surface area contributed by atoms with Gasteiger partial charge in [-0.25, -0.2) is 12.8 Å². The van der Waals surface area contributed by atoms with Crippen molar-refractivity contribution >= 4 is 15.9 Å². The van der Waals surface area contributed by atoms with E-state index in [4.69, 9.17) is 10.00 Å². The molecule has 0 bridgehead atoms. The highest BCUT2D eigenvalue weighted by Gasteiger charge is 2.30. The lowest BCUT2D eigenvalue weighted by molar-refractivity contribution is 0.234. The SMILES string of the molecule is CC=Cc1c(S(=O)(=O)C(F)F)ccc(Oc2cc(F)cc(C#N)c2)c1C#N. The maximum atomic E-state index is 13.5. The first-order valence-corrected chi connectivity index (χ1v) is 8.89. The van der Waals surface area contributed by atoms with E-state index in [-0.39, 0.29) is 28.2 Å². The molecule has 0 aromatic heterocycles. The summed E-state index contributed by atoms with van der Waals surface area (Å²) in [5.41, 5.74) is -0.624. The Labute approximate surface area is 153 Å². The summed E-state index contributed by atoms with van der Waals surface area (Å²) in [5, 5.41) is 18.3. The maximum Gasteiger partial charge on any atom is 0.341 e. The maximum absolute atomic E-state index is 13.5. The van der Waals surface area contributed by atoms with Crippen molar-refractivity contribution in [2.75, 3.05) is 0 Å². The van der Waals surface area contributed by atoms with Gasteiger partial charge in [-0.15, -0.1) is 0 Å². The van der Waals surface area contributed by atoms with E-state index in [0.29, 0.717) is 0 Å². The molecule has 0 aliphatic carbocycles. The Balaban J connectivity index is 2.67. The molecule has 2 aromatic rings. The van der Waals surface area contributed by atoms with Gasteiger partial charge in [0.2, 0.25) is 9.84 Å². The molecule has 2 rings (SSSR count). The van der Waals surface area contributed by atoms with E-state index >= 15 is 0 Å². The Kier molecular flexibility index (Phi) is 5.88. The summed E-state index contributed by atoms with van der Waals surface area (Å²) in [4.78, 5) is -0.726. The van der Waals surface area contributed by atoms with Crippen LogP contribution in [0.5, 0.6) is 11.5 Å². The fourth-order valence-electron chi connectivity index (χ4n) is 2.27. The molecular formula is C18H11F3N2O3S. The van der Waals surface area contributed by atoms with Crippen molar-refractivity contribution in [1.29, 1.82) is 10.5 Å². The summed E-state index contributed by atoms with van der Waals surface area (Å²) in [6.45, 7) is 1.51. The Bertz CT molecular complexity index is 1100. The fourth-order valence-corrected chi connectivity index (χ4v) is 3.20. The first-order valence-electron chi connectivity index (χ1n) is 7.35. The smallest absolute Gasteiger partial charge is 0.341 e. The number of nitrogens with zero attached hydrogens (tertiary/aromatic N) is 2. The number of halogens is 3. The predicted octanol–water partition coefficient (Wildman–Crippen LogP) is 4.39. The largest absolute Gasteiger partial charge is 0.456 e. The van der Waals surface area contributed by atoms with Crippen molar-refractivity contribution in [3.63, 3.8) is 0 Å². The third-order valence-electron chi connectivity index (χ3n) is 3.38. The van der Waals surface area contributed by atoms with Crippen molar-refractivity contribution in [2.24, 2.45) is 0 Å². The minimum Gasteiger partial charge on any atom is -0.456 e. The van der Waals surface area contributed by atoms with E-state index in [2.05, 4.69) is 0 Å². The number of nitriles is 2. The van der Waals surface area contributed by atoms with Crippen LogP contribution in [0.15, 0.2) is 41.3 Å². The quantitative estimate of drug-likeness (QED) is 0.753. The summed E-state index contributed by atoms with van der Waals surface area (Å²) in [6, 6.07) is 8.51. The second-order valence-corrected chi connectivity index (χ2v) is 7.04. The number of rotatable bonds is 5. The topological polar surface area (TPSA) is 90.9 Å². The summed E-state index contributed by atoms with van der Waals surface area (Å²) in [6.07, 6.45) is 2.56. The van der Waals surface area contributed by atoms with Gasteiger partial charge in [-0.1, -0.05) is 12.2 Å². The molecule has 0 saturated carbocycles. The highest BCUT2D eigenvalue weighted by molar-refractivity contribution is 7.91. The number of sulfone groups is 1. The lowest BCUT2D eigenvalue weighted by Crippen LogP contribution is -2.13. The van der Waals surface area contributed by atoms with E-state index in [9.17, 15) is 26.9 Å². The van der Waals surface area contributed by atoms with Crippen LogP contribution in [-0.2, 0) is 9.84 Å². The molecule has 0 aliphatic heterocycles. The van der Waals surface area contributed by atoms with Crippen molar-refractivity contribution in [3.8, 4) is 23.6 Å². The van der Waals surface area contributed by atoms with E-state index in [1.54, 1.807) is 12.1 Å². The molecule has 138 valence electrons. The molecule has 5 nitrogen and oxygen atoms in total. The van der Waals surface area contributed by atoms with Gasteiger partial charge in [-0.3, -0.25) is 0 Å². The van der Waals surface area contributed by atoms with Gasteiger partial charge >= 0.3 is 5.76 Å². The van der Waals surface area contributed by atoms with Crippen molar-refractivity contribution in [1.82, 2.24) is 0 Å². The Morgan fingerprint density at radius 2 is 1.85 bits per heavy atom. The molecule has 9 heteroatoms. The van der Waals surface area contributed by atoms with E-state index in [0.717, 1.165) is 24.3 Å². The molecule has 0 radical (unpaired) electrons. The van der Waals surface area contributed by atoms with Crippen LogP contribution in [0.2, 0.25) is 0 Å². The predicted molar refractivity (Wildman–Crippen MR) is 90.2 cm³/mol. The second kappa shape index (κ2) is 7.94. The highest BCUT2D eigenvalue weighted by atomic mass is 32.2. The van der Waals surface area contributed by atoms with Gasteiger partial charge in [-0.05, 0) is 31.2 Å². The van der Waals surface area contributed by atoms with Crippen molar-refractivity contribution in [3.05, 3.63) is 58.9 Å². The summed E-state index contributed by atoms with van der Waals surface area (Å²) in [5.74, 6) is -4.71. The molecule has 2 aromatic carbocycles. The van der Waals surface area contributed by atoms with Gasteiger partial charge in [0, 0.05) is 11.6 Å². The van der Waals surface area contributed by atoms with Crippen LogP contribution in [-0.4, -0.2) is 14.2 Å². The monoisotopic (exact) mass is 392 g/mol. The Morgan fingerprint density at radius 3 is 2.41 bits per heavy atom. The van der Waals surface area contributed by atoms with Crippen LogP contribution in [0, 0.1) is 28.5 Å². The minimum absolute atomic E-state index is 0.0333. The normalized spacial score (nSPS) is 11.4. The summed E-state index contributed by atoms with van der Waals surface area (Å²) >= 11 is 0. The second-order valence-electron chi connectivity index (χ2n) is 5.16. The van der Waals surface area contributed by atoms with E-state index < -0.39 is 26.3 Å². The molecule has 0 N–H and O–H groups in total. The average molecular weight is 392 g/mol. The van der Waals surface area contributed by atoms with Crippen molar-refractivity contribution < 1.29 is 26.3 Å². The number of hydrogen-bond acceptors (Lipinski definition) is 5. The van der Waals surface area contributed by atoms with Gasteiger partial charge in [0.15, 0.2) is 0 Å². The van der Waals surface area contributed by atoms with Crippen LogP contribution >= 0.6 is 0 Å². The zero-order chi connectivity index (χ0) is 20.2. The fraction of sp³-hybridized carbons (Fsp3) is 0.111. The molecule has 0 saturated heterocycles. The zero-order valence-corrected chi connectivity index (χ0v) is 14.6. The van der Waals surface area contributed by atoms with Crippen LogP contribution in [0.25, 0.3) is 6.08 Å². The minimum atomic E-state index is -4.96. The first kappa shape index (κ1) is 20.0. The molecule has 0 fully saturated rings. The Morgan fingerprint density at radius 1 is 1.15 bits per heavy atom. The van der Waals surface area contributed by atoms with Crippen molar-refractivity contribution in [2.45, 2.75) is 17.6 Å². The molecule has 27 heavy (non-hydrogen) atoms. The number of allylic oxidation sites excluding steroid dienone is 1. The van der Waals surface area contributed by atoms with Gasteiger partial charge in [0.05, 0.1) is 16.5 Å². The number of ether oxygens (including phenoxy) is 1. The number of alkyl halides is 2. The molecule has 0 amide bonds. The summed E-state index contributed by atoms with van der Waals surface area (Å²) in [7, 11) is -4.96. The molecule has 0 aliphatic rings. The first-order chi connectivity index (χ1) is 12.7. The van der Waals surface area contributed by atoms with Crippen LogP contribution in [0.3, 0.4) is 0 Å². The average Bonchev–Trinajstić information content (AvgIpc) is 2.61. The van der Waals surface area contributed by atoms with Crippen LogP contribution in [0.4, 0.5) is 13.2 Å². The lowest BCUT2D eigenvalue weighted by atomic mass is 10.1. The summed E-state index contributed by atoms with van der Waals surface area (Å²) < 4.78 is 68.6. The van der Waals surface area contributed by atoms with Crippen LogP contribution in [0.1, 0.15) is 23.6 Å². The third kappa shape index (κ3) is 4.10. The number of benzene rings is 2. The number of hydrogen-bond donors (Lipinski definition) is 0. The molecular weight excluding hydrogens is 381 g/mol. The van der Waals surface area contributed by atoms with Crippen LogP contribution < -0.4 is 4.74 Å². The zero-order valence-electron chi connectivity index (χ0n) is 13.8. The standard InChI is InChI=1S/C18H11F3N2O3S/c1-2-3-14-15(10-23)16(4-5-17(14)27(24,25)18(20)21)26-13-7-11(9-22)6-12(19)8-13/h2-8,18H,1H3. The van der Waals surface area contributed by atoms with E-state index in [1.807, 2.05) is 0 Å². The van der Waals surface area contributed by atoms with Gasteiger partial charge in [-0.2, -0.15) is 19.3 Å². The third-order valence-corrected chi connectivity index (χ3v) is 4.82. The lowest BCUT2D eigenvalue weighted by Gasteiger charge is -2.13. The van der Waals surface area contributed by atoms with Gasteiger partial charge < -0.3 is 4.74 Å². The Hall–Kier alpha value is -3.30. The molecule has 0 spiro atoms. The molecule has 0 atom stereocenters. The van der Waals surface area contributed by atoms with Gasteiger partial charge in [0.1, 0.15) is 28.9 Å².